The summed E-state index contributed by atoms with van der Waals surface area (Å²) in [7, 11) is 0. The van der Waals surface area contributed by atoms with E-state index in [0.29, 0.717) is 6.54 Å². The predicted octanol–water partition coefficient (Wildman–Crippen LogP) is 4.40. The maximum Gasteiger partial charge on any atom is 0.407 e. The summed E-state index contributed by atoms with van der Waals surface area (Å²) in [5, 5.41) is 3.96. The highest BCUT2D eigenvalue weighted by Crippen LogP contribution is 2.22. The second-order valence-electron chi connectivity index (χ2n) is 5.24. The number of aromatic amines is 1. The first-order chi connectivity index (χ1) is 11.2. The quantitative estimate of drug-likeness (QED) is 0.697. The molecule has 0 atom stereocenters. The first-order valence-corrected chi connectivity index (χ1v) is 8.22. The van der Waals surface area contributed by atoms with Crippen LogP contribution in [0.15, 0.2) is 59.2 Å². The van der Waals surface area contributed by atoms with Crippen molar-refractivity contribution < 1.29 is 9.53 Å². The number of benzene rings is 2. The van der Waals surface area contributed by atoms with Gasteiger partial charge in [-0.05, 0) is 29.7 Å². The van der Waals surface area contributed by atoms with E-state index in [9.17, 15) is 4.79 Å². The molecule has 2 N–H and O–H groups in total. The van der Waals surface area contributed by atoms with E-state index in [2.05, 4.69) is 32.3 Å². The van der Waals surface area contributed by atoms with Crippen LogP contribution in [0, 0.1) is 0 Å². The van der Waals surface area contributed by atoms with E-state index in [-0.39, 0.29) is 6.61 Å². The van der Waals surface area contributed by atoms with E-state index in [4.69, 9.17) is 4.74 Å². The summed E-state index contributed by atoms with van der Waals surface area (Å²) < 4.78 is 6.23. The van der Waals surface area contributed by atoms with Gasteiger partial charge in [-0.15, -0.1) is 0 Å². The molecule has 0 saturated carbocycles. The number of hydrogen-bond acceptors (Lipinski definition) is 2. The van der Waals surface area contributed by atoms with Gasteiger partial charge < -0.3 is 15.0 Å². The number of rotatable bonds is 5. The lowest BCUT2D eigenvalue weighted by atomic mass is 10.1. The molecule has 0 saturated heterocycles. The highest BCUT2D eigenvalue weighted by Gasteiger charge is 2.06. The lowest BCUT2D eigenvalue weighted by Gasteiger charge is -2.07. The Morgan fingerprint density at radius 2 is 2.00 bits per heavy atom. The zero-order valence-corrected chi connectivity index (χ0v) is 14.1. The molecular formula is C18H17BrN2O2. The van der Waals surface area contributed by atoms with Crippen LogP contribution in [0.2, 0.25) is 0 Å². The highest BCUT2D eigenvalue weighted by atomic mass is 79.9. The summed E-state index contributed by atoms with van der Waals surface area (Å²) in [4.78, 5) is 14.9. The fourth-order valence-corrected chi connectivity index (χ4v) is 2.80. The van der Waals surface area contributed by atoms with Crippen molar-refractivity contribution in [3.8, 4) is 0 Å². The summed E-state index contributed by atoms with van der Waals surface area (Å²) in [5.74, 6) is 0. The van der Waals surface area contributed by atoms with E-state index in [1.165, 1.54) is 10.9 Å². The molecule has 5 heteroatoms. The van der Waals surface area contributed by atoms with Crippen LogP contribution < -0.4 is 5.32 Å². The van der Waals surface area contributed by atoms with Crippen LogP contribution in [0.3, 0.4) is 0 Å². The molecule has 118 valence electrons. The topological polar surface area (TPSA) is 54.1 Å². The normalized spacial score (nSPS) is 10.7. The van der Waals surface area contributed by atoms with Crippen molar-refractivity contribution in [3.63, 3.8) is 0 Å². The van der Waals surface area contributed by atoms with Gasteiger partial charge in [-0.25, -0.2) is 4.79 Å². The molecule has 0 bridgehead atoms. The van der Waals surface area contributed by atoms with Gasteiger partial charge in [-0.2, -0.15) is 0 Å². The Morgan fingerprint density at radius 1 is 1.17 bits per heavy atom. The maximum atomic E-state index is 11.7. The van der Waals surface area contributed by atoms with Crippen LogP contribution in [0.1, 0.15) is 11.1 Å². The third-order valence-corrected chi connectivity index (χ3v) is 4.10. The highest BCUT2D eigenvalue weighted by molar-refractivity contribution is 9.10. The van der Waals surface area contributed by atoms with Gasteiger partial charge in [0.2, 0.25) is 0 Å². The number of ether oxygens (including phenoxy) is 1. The van der Waals surface area contributed by atoms with E-state index < -0.39 is 6.09 Å². The number of aromatic nitrogens is 1. The van der Waals surface area contributed by atoms with Gasteiger partial charge in [0.25, 0.3) is 0 Å². The minimum absolute atomic E-state index is 0.286. The van der Waals surface area contributed by atoms with Gasteiger partial charge in [0.15, 0.2) is 0 Å². The second kappa shape index (κ2) is 7.33. The number of alkyl carbamates (subject to hydrolysis) is 1. The van der Waals surface area contributed by atoms with Crippen LogP contribution in [0.4, 0.5) is 4.79 Å². The Balaban J connectivity index is 1.47. The van der Waals surface area contributed by atoms with Crippen LogP contribution >= 0.6 is 15.9 Å². The molecule has 0 aliphatic heterocycles. The van der Waals surface area contributed by atoms with E-state index in [1.807, 2.05) is 48.7 Å². The fourth-order valence-electron chi connectivity index (χ4n) is 2.44. The number of carbonyl (C=O) groups is 1. The van der Waals surface area contributed by atoms with Gasteiger partial charge in [0.05, 0.1) is 0 Å². The van der Waals surface area contributed by atoms with Gasteiger partial charge >= 0.3 is 6.09 Å². The molecule has 0 aliphatic rings. The van der Waals surface area contributed by atoms with Crippen molar-refractivity contribution in [2.45, 2.75) is 13.0 Å². The number of hydrogen-bond donors (Lipinski definition) is 2. The molecule has 3 aromatic rings. The Morgan fingerprint density at radius 3 is 2.83 bits per heavy atom. The molecule has 2 aromatic carbocycles. The largest absolute Gasteiger partial charge is 0.445 e. The third kappa shape index (κ3) is 4.13. The standard InChI is InChI=1S/C18H17BrN2O2/c19-15-6-7-16-14(11-21-17(16)10-15)8-9-20-18(22)23-12-13-4-2-1-3-5-13/h1-7,10-11,21H,8-9,12H2,(H,20,22). The number of H-pyrrole nitrogens is 1. The molecule has 0 aliphatic carbocycles. The van der Waals surface area contributed by atoms with Crippen molar-refractivity contribution in [2.24, 2.45) is 0 Å². The Hall–Kier alpha value is -2.27. The lowest BCUT2D eigenvalue weighted by molar-refractivity contribution is 0.140. The van der Waals surface area contributed by atoms with Crippen molar-refractivity contribution in [1.29, 1.82) is 0 Å². The summed E-state index contributed by atoms with van der Waals surface area (Å²) in [5.41, 5.74) is 3.24. The number of halogens is 1. The average Bonchev–Trinajstić information content (AvgIpc) is 2.96. The van der Waals surface area contributed by atoms with Crippen LogP contribution in [0.25, 0.3) is 10.9 Å². The number of nitrogens with one attached hydrogen (secondary N) is 2. The van der Waals surface area contributed by atoms with Gasteiger partial charge in [-0.1, -0.05) is 52.3 Å². The van der Waals surface area contributed by atoms with Crippen LogP contribution in [0.5, 0.6) is 0 Å². The summed E-state index contributed by atoms with van der Waals surface area (Å²) in [6.07, 6.45) is 2.34. The second-order valence-corrected chi connectivity index (χ2v) is 6.16. The van der Waals surface area contributed by atoms with Crippen molar-refractivity contribution in [2.75, 3.05) is 6.54 Å². The maximum absolute atomic E-state index is 11.7. The van der Waals surface area contributed by atoms with Crippen LogP contribution in [-0.2, 0) is 17.8 Å². The van der Waals surface area contributed by atoms with Crippen molar-refractivity contribution >= 4 is 32.9 Å². The molecule has 0 unspecified atom stereocenters. The molecular weight excluding hydrogens is 356 g/mol. The zero-order valence-electron chi connectivity index (χ0n) is 12.5. The number of carbonyl (C=O) groups excluding carboxylic acids is 1. The Bertz CT molecular complexity index is 799. The Labute approximate surface area is 143 Å². The van der Waals surface area contributed by atoms with Gasteiger partial charge in [-0.3, -0.25) is 0 Å². The molecule has 23 heavy (non-hydrogen) atoms. The lowest BCUT2D eigenvalue weighted by Crippen LogP contribution is -2.26. The summed E-state index contributed by atoms with van der Waals surface area (Å²) in [6, 6.07) is 15.8. The Kier molecular flexibility index (Phi) is 4.98. The smallest absolute Gasteiger partial charge is 0.407 e. The molecule has 0 fully saturated rings. The first kappa shape index (κ1) is 15.6. The van der Waals surface area contributed by atoms with Gasteiger partial charge in [0, 0.05) is 28.1 Å². The monoisotopic (exact) mass is 372 g/mol. The molecule has 1 aromatic heterocycles. The predicted molar refractivity (Wildman–Crippen MR) is 94.3 cm³/mol. The van der Waals surface area contributed by atoms with E-state index in [0.717, 1.165) is 22.0 Å². The van der Waals surface area contributed by atoms with E-state index in [1.54, 1.807) is 0 Å². The molecule has 0 spiro atoms. The van der Waals surface area contributed by atoms with Crippen molar-refractivity contribution in [1.82, 2.24) is 10.3 Å². The minimum atomic E-state index is -0.392. The number of fused-ring (bicyclic) bond motifs is 1. The van der Waals surface area contributed by atoms with Gasteiger partial charge in [0.1, 0.15) is 6.61 Å². The average molecular weight is 373 g/mol. The fraction of sp³-hybridized carbons (Fsp3) is 0.167. The molecule has 1 amide bonds. The number of amides is 1. The third-order valence-electron chi connectivity index (χ3n) is 3.61. The minimum Gasteiger partial charge on any atom is -0.445 e. The van der Waals surface area contributed by atoms with Crippen molar-refractivity contribution in [3.05, 3.63) is 70.3 Å². The molecule has 3 rings (SSSR count). The van der Waals surface area contributed by atoms with Crippen LogP contribution in [-0.4, -0.2) is 17.6 Å². The summed E-state index contributed by atoms with van der Waals surface area (Å²) >= 11 is 3.46. The molecule has 1 heterocycles. The SMILES string of the molecule is O=C(NCCc1c[nH]c2cc(Br)ccc12)OCc1ccccc1. The first-order valence-electron chi connectivity index (χ1n) is 7.42. The molecule has 4 nitrogen and oxygen atoms in total. The van der Waals surface area contributed by atoms with E-state index >= 15 is 0 Å². The molecule has 0 radical (unpaired) electrons. The zero-order chi connectivity index (χ0) is 16.1. The summed E-state index contributed by atoms with van der Waals surface area (Å²) in [6.45, 7) is 0.824.